The predicted octanol–water partition coefficient (Wildman–Crippen LogP) is 1.93. The van der Waals surface area contributed by atoms with Crippen LogP contribution in [0.1, 0.15) is 35.1 Å². The van der Waals surface area contributed by atoms with Crippen molar-refractivity contribution < 1.29 is 4.79 Å². The Morgan fingerprint density at radius 2 is 2.16 bits per heavy atom. The van der Waals surface area contributed by atoms with E-state index < -0.39 is 5.91 Å². The Kier molecular flexibility index (Phi) is 5.17. The third kappa shape index (κ3) is 2.83. The summed E-state index contributed by atoms with van der Waals surface area (Å²) >= 11 is 0. The van der Waals surface area contributed by atoms with E-state index in [1.165, 1.54) is 0 Å². The Labute approximate surface area is 123 Å². The van der Waals surface area contributed by atoms with Gasteiger partial charge in [0.1, 0.15) is 11.3 Å². The van der Waals surface area contributed by atoms with Crippen LogP contribution in [0.25, 0.3) is 11.0 Å². The van der Waals surface area contributed by atoms with E-state index in [4.69, 9.17) is 5.73 Å². The van der Waals surface area contributed by atoms with Crippen LogP contribution >= 0.6 is 24.8 Å². The Bertz CT molecular complexity index is 578. The maximum absolute atomic E-state index is 11.3. The molecule has 2 heterocycles. The molecule has 1 unspecified atom stereocenters. The molecule has 1 fully saturated rings. The van der Waals surface area contributed by atoms with Crippen LogP contribution in [0.15, 0.2) is 18.2 Å². The van der Waals surface area contributed by atoms with Crippen molar-refractivity contribution in [2.45, 2.75) is 18.9 Å². The third-order valence-electron chi connectivity index (χ3n) is 3.19. The van der Waals surface area contributed by atoms with Crippen LogP contribution in [-0.2, 0) is 0 Å². The second kappa shape index (κ2) is 6.23. The van der Waals surface area contributed by atoms with Gasteiger partial charge in [-0.15, -0.1) is 24.8 Å². The first-order chi connectivity index (χ1) is 8.25. The molecule has 1 aromatic carbocycles. The molecule has 4 N–H and O–H groups in total. The number of para-hydroxylation sites is 1. The van der Waals surface area contributed by atoms with Gasteiger partial charge in [0.15, 0.2) is 0 Å². The van der Waals surface area contributed by atoms with Gasteiger partial charge in [-0.05, 0) is 31.5 Å². The molecule has 3 rings (SSSR count). The van der Waals surface area contributed by atoms with Gasteiger partial charge in [0.05, 0.1) is 17.1 Å². The van der Waals surface area contributed by atoms with Crippen LogP contribution in [0, 0.1) is 0 Å². The molecule has 1 saturated heterocycles. The fourth-order valence-corrected chi connectivity index (χ4v) is 2.33. The number of fused-ring (bicyclic) bond motifs is 1. The highest BCUT2D eigenvalue weighted by Gasteiger charge is 2.20. The largest absolute Gasteiger partial charge is 0.366 e. The molecule has 0 radical (unpaired) electrons. The summed E-state index contributed by atoms with van der Waals surface area (Å²) in [5, 5.41) is 3.37. The Balaban J connectivity index is 0.000000902. The fraction of sp³-hybridized carbons (Fsp3) is 0.333. The van der Waals surface area contributed by atoms with Crippen molar-refractivity contribution in [1.82, 2.24) is 15.3 Å². The smallest absolute Gasteiger partial charge is 0.250 e. The minimum absolute atomic E-state index is 0. The summed E-state index contributed by atoms with van der Waals surface area (Å²) in [6, 6.07) is 5.69. The topological polar surface area (TPSA) is 83.8 Å². The second-order valence-corrected chi connectivity index (χ2v) is 4.34. The average molecular weight is 303 g/mol. The van der Waals surface area contributed by atoms with Gasteiger partial charge in [-0.3, -0.25) is 4.79 Å². The number of imidazole rings is 1. The van der Waals surface area contributed by atoms with Crippen LogP contribution < -0.4 is 11.1 Å². The van der Waals surface area contributed by atoms with Crippen molar-refractivity contribution in [3.05, 3.63) is 29.6 Å². The minimum atomic E-state index is -0.437. The third-order valence-corrected chi connectivity index (χ3v) is 3.19. The SMILES string of the molecule is Cl.Cl.NC(=O)c1cccc2[nH]c(C3CCCN3)nc12. The average Bonchev–Trinajstić information content (AvgIpc) is 2.96. The van der Waals surface area contributed by atoms with Gasteiger partial charge < -0.3 is 16.0 Å². The lowest BCUT2D eigenvalue weighted by Crippen LogP contribution is -2.14. The van der Waals surface area contributed by atoms with E-state index in [1.54, 1.807) is 6.07 Å². The van der Waals surface area contributed by atoms with Crippen LogP contribution in [0.2, 0.25) is 0 Å². The number of aromatic amines is 1. The quantitative estimate of drug-likeness (QED) is 0.792. The first-order valence-electron chi connectivity index (χ1n) is 5.77. The molecule has 0 aliphatic carbocycles. The molecular weight excluding hydrogens is 287 g/mol. The standard InChI is InChI=1S/C12H14N4O.2ClH/c13-11(17)7-3-1-4-8-10(7)16-12(15-8)9-5-2-6-14-9;;/h1,3-4,9,14H,2,5-6H2,(H2,13,17)(H,15,16);2*1H. The summed E-state index contributed by atoms with van der Waals surface area (Å²) in [4.78, 5) is 19.0. The summed E-state index contributed by atoms with van der Waals surface area (Å²) in [5.41, 5.74) is 7.34. The number of halogens is 2. The number of hydrogen-bond acceptors (Lipinski definition) is 3. The van der Waals surface area contributed by atoms with E-state index in [2.05, 4.69) is 15.3 Å². The summed E-state index contributed by atoms with van der Waals surface area (Å²) < 4.78 is 0. The van der Waals surface area contributed by atoms with Crippen molar-refractivity contribution >= 4 is 41.8 Å². The van der Waals surface area contributed by atoms with Gasteiger partial charge in [-0.1, -0.05) is 6.07 Å². The highest BCUT2D eigenvalue weighted by Crippen LogP contribution is 2.24. The van der Waals surface area contributed by atoms with Gasteiger partial charge in [-0.2, -0.15) is 0 Å². The molecule has 1 aliphatic heterocycles. The van der Waals surface area contributed by atoms with E-state index in [0.29, 0.717) is 11.1 Å². The number of nitrogens with one attached hydrogen (secondary N) is 2. The minimum Gasteiger partial charge on any atom is -0.366 e. The number of benzene rings is 1. The second-order valence-electron chi connectivity index (χ2n) is 4.34. The maximum Gasteiger partial charge on any atom is 0.250 e. The molecule has 1 atom stereocenters. The van der Waals surface area contributed by atoms with E-state index in [0.717, 1.165) is 30.7 Å². The van der Waals surface area contributed by atoms with E-state index in [1.807, 2.05) is 12.1 Å². The van der Waals surface area contributed by atoms with E-state index in [-0.39, 0.29) is 30.9 Å². The summed E-state index contributed by atoms with van der Waals surface area (Å²) in [5.74, 6) is 0.458. The molecule has 2 aromatic rings. The molecule has 1 aliphatic rings. The zero-order valence-corrected chi connectivity index (χ0v) is 11.8. The number of nitrogens with two attached hydrogens (primary N) is 1. The lowest BCUT2D eigenvalue weighted by atomic mass is 10.2. The highest BCUT2D eigenvalue weighted by atomic mass is 35.5. The summed E-state index contributed by atoms with van der Waals surface area (Å²) in [6.07, 6.45) is 2.23. The number of nitrogens with zero attached hydrogens (tertiary/aromatic N) is 1. The normalized spacial score (nSPS) is 17.8. The number of aromatic nitrogens is 2. The number of rotatable bonds is 2. The van der Waals surface area contributed by atoms with Gasteiger partial charge >= 0.3 is 0 Å². The van der Waals surface area contributed by atoms with Gasteiger partial charge in [0, 0.05) is 0 Å². The number of hydrogen-bond donors (Lipinski definition) is 3. The van der Waals surface area contributed by atoms with Crippen LogP contribution in [0.5, 0.6) is 0 Å². The van der Waals surface area contributed by atoms with E-state index in [9.17, 15) is 4.79 Å². The fourth-order valence-electron chi connectivity index (χ4n) is 2.33. The Morgan fingerprint density at radius 1 is 1.37 bits per heavy atom. The van der Waals surface area contributed by atoms with Crippen LogP contribution in [0.4, 0.5) is 0 Å². The number of amides is 1. The molecule has 19 heavy (non-hydrogen) atoms. The van der Waals surface area contributed by atoms with Crippen molar-refractivity contribution in [3.8, 4) is 0 Å². The monoisotopic (exact) mass is 302 g/mol. The molecule has 1 amide bonds. The zero-order chi connectivity index (χ0) is 11.8. The van der Waals surface area contributed by atoms with Gasteiger partial charge in [0.25, 0.3) is 5.91 Å². The van der Waals surface area contributed by atoms with Crippen LogP contribution in [0.3, 0.4) is 0 Å². The molecule has 0 saturated carbocycles. The lowest BCUT2D eigenvalue weighted by Gasteiger charge is -2.04. The predicted molar refractivity (Wildman–Crippen MR) is 79.1 cm³/mol. The van der Waals surface area contributed by atoms with Crippen molar-refractivity contribution in [1.29, 1.82) is 0 Å². The van der Waals surface area contributed by atoms with E-state index >= 15 is 0 Å². The van der Waals surface area contributed by atoms with Crippen molar-refractivity contribution in [3.63, 3.8) is 0 Å². The number of H-pyrrole nitrogens is 1. The van der Waals surface area contributed by atoms with Gasteiger partial charge in [-0.25, -0.2) is 4.98 Å². The Morgan fingerprint density at radius 3 is 2.79 bits per heavy atom. The summed E-state index contributed by atoms with van der Waals surface area (Å²) in [6.45, 7) is 1.02. The first kappa shape index (κ1) is 15.8. The van der Waals surface area contributed by atoms with Crippen LogP contribution in [-0.4, -0.2) is 22.4 Å². The number of primary amides is 1. The zero-order valence-electron chi connectivity index (χ0n) is 10.2. The molecule has 0 spiro atoms. The molecule has 1 aromatic heterocycles. The van der Waals surface area contributed by atoms with Crippen molar-refractivity contribution in [2.24, 2.45) is 5.73 Å². The lowest BCUT2D eigenvalue weighted by molar-refractivity contribution is 0.100. The summed E-state index contributed by atoms with van der Waals surface area (Å²) in [7, 11) is 0. The number of carbonyl (C=O) groups is 1. The molecule has 0 bridgehead atoms. The molecule has 5 nitrogen and oxygen atoms in total. The Hall–Kier alpha value is -1.30. The van der Waals surface area contributed by atoms with Crippen molar-refractivity contribution in [2.75, 3.05) is 6.54 Å². The maximum atomic E-state index is 11.3. The molecule has 7 heteroatoms. The highest BCUT2D eigenvalue weighted by molar-refractivity contribution is 6.04. The van der Waals surface area contributed by atoms with Gasteiger partial charge in [0.2, 0.25) is 0 Å². The molecular formula is C12H16Cl2N4O. The number of carbonyl (C=O) groups excluding carboxylic acids is 1. The first-order valence-corrected chi connectivity index (χ1v) is 5.77. The molecule has 104 valence electrons.